The minimum Gasteiger partial charge on any atom is -0.497 e. The summed E-state index contributed by atoms with van der Waals surface area (Å²) in [4.78, 5) is 13.9. The van der Waals surface area contributed by atoms with Crippen LogP contribution in [0.1, 0.15) is 39.2 Å². The molecular weight excluding hydrogens is 330 g/mol. The van der Waals surface area contributed by atoms with Crippen LogP contribution in [0.25, 0.3) is 10.8 Å². The second-order valence-electron chi connectivity index (χ2n) is 7.93. The fraction of sp³-hybridized carbons (Fsp3) is 0.476. The van der Waals surface area contributed by atoms with Gasteiger partial charge in [0.25, 0.3) is 0 Å². The SMILES string of the molecule is COc1ccc2cc(C3(O)CCN(C(=O)OC(C)(C)C)CC3)ccc2c1. The highest BCUT2D eigenvalue weighted by Crippen LogP contribution is 2.35. The molecule has 0 unspecified atom stereocenters. The smallest absolute Gasteiger partial charge is 0.410 e. The Hall–Kier alpha value is -2.27. The van der Waals surface area contributed by atoms with E-state index in [1.165, 1.54) is 0 Å². The molecule has 1 aliphatic rings. The van der Waals surface area contributed by atoms with E-state index in [1.54, 1.807) is 12.0 Å². The summed E-state index contributed by atoms with van der Waals surface area (Å²) in [5.41, 5.74) is -0.546. The summed E-state index contributed by atoms with van der Waals surface area (Å²) in [6.45, 7) is 6.53. The number of hydrogen-bond donors (Lipinski definition) is 1. The minimum atomic E-state index is -0.924. The van der Waals surface area contributed by atoms with Crippen molar-refractivity contribution >= 4 is 16.9 Å². The number of rotatable bonds is 2. The van der Waals surface area contributed by atoms with Crippen LogP contribution < -0.4 is 4.74 Å². The number of carbonyl (C=O) groups excluding carboxylic acids is 1. The summed E-state index contributed by atoms with van der Waals surface area (Å²) in [5, 5.41) is 13.3. The Morgan fingerprint density at radius 3 is 2.31 bits per heavy atom. The first-order chi connectivity index (χ1) is 12.2. The van der Waals surface area contributed by atoms with Crippen LogP contribution in [0.15, 0.2) is 36.4 Å². The molecule has 1 saturated heterocycles. The van der Waals surface area contributed by atoms with Crippen molar-refractivity contribution in [3.8, 4) is 5.75 Å². The normalized spacial score (nSPS) is 17.2. The molecule has 0 bridgehead atoms. The van der Waals surface area contributed by atoms with Crippen molar-refractivity contribution in [2.24, 2.45) is 0 Å². The predicted molar refractivity (Wildman–Crippen MR) is 101 cm³/mol. The second kappa shape index (κ2) is 6.80. The monoisotopic (exact) mass is 357 g/mol. The lowest BCUT2D eigenvalue weighted by molar-refractivity contribution is -0.0355. The van der Waals surface area contributed by atoms with Crippen molar-refractivity contribution in [1.82, 2.24) is 4.90 Å². The largest absolute Gasteiger partial charge is 0.497 e. The van der Waals surface area contributed by atoms with Gasteiger partial charge < -0.3 is 19.5 Å². The van der Waals surface area contributed by atoms with Crippen molar-refractivity contribution in [2.75, 3.05) is 20.2 Å². The first kappa shape index (κ1) is 18.5. The predicted octanol–water partition coefficient (Wildman–Crippen LogP) is 4.07. The topological polar surface area (TPSA) is 59.0 Å². The van der Waals surface area contributed by atoms with Gasteiger partial charge in [-0.2, -0.15) is 0 Å². The fourth-order valence-corrected chi connectivity index (χ4v) is 3.31. The van der Waals surface area contributed by atoms with Gasteiger partial charge in [0.2, 0.25) is 0 Å². The van der Waals surface area contributed by atoms with Gasteiger partial charge in [-0.25, -0.2) is 4.79 Å². The van der Waals surface area contributed by atoms with E-state index in [2.05, 4.69) is 0 Å². The Morgan fingerprint density at radius 2 is 1.69 bits per heavy atom. The zero-order chi connectivity index (χ0) is 18.9. The molecule has 5 nitrogen and oxygen atoms in total. The first-order valence-corrected chi connectivity index (χ1v) is 8.99. The van der Waals surface area contributed by atoms with E-state index in [-0.39, 0.29) is 6.09 Å². The lowest BCUT2D eigenvalue weighted by atomic mass is 9.83. The van der Waals surface area contributed by atoms with Gasteiger partial charge in [0.05, 0.1) is 12.7 Å². The Kier molecular flexibility index (Phi) is 4.84. The summed E-state index contributed by atoms with van der Waals surface area (Å²) in [6.07, 6.45) is 0.673. The van der Waals surface area contributed by atoms with Gasteiger partial charge in [0.1, 0.15) is 11.4 Å². The summed E-state index contributed by atoms with van der Waals surface area (Å²) >= 11 is 0. The van der Waals surface area contributed by atoms with Gasteiger partial charge in [-0.3, -0.25) is 0 Å². The van der Waals surface area contributed by atoms with Gasteiger partial charge in [-0.15, -0.1) is 0 Å². The van der Waals surface area contributed by atoms with Crippen LogP contribution in [0.3, 0.4) is 0 Å². The maximum atomic E-state index is 12.2. The minimum absolute atomic E-state index is 0.315. The molecule has 1 heterocycles. The van der Waals surface area contributed by atoms with Crippen LogP contribution in [0, 0.1) is 0 Å². The van der Waals surface area contributed by atoms with Crippen LogP contribution in [0.4, 0.5) is 4.79 Å². The molecule has 140 valence electrons. The Labute approximate surface area is 154 Å². The van der Waals surface area contributed by atoms with E-state index >= 15 is 0 Å². The van der Waals surface area contributed by atoms with Gasteiger partial charge in [0.15, 0.2) is 0 Å². The molecule has 0 spiro atoms. The van der Waals surface area contributed by atoms with Crippen molar-refractivity contribution in [1.29, 1.82) is 0 Å². The van der Waals surface area contributed by atoms with Crippen LogP contribution >= 0.6 is 0 Å². The molecule has 1 fully saturated rings. The average Bonchev–Trinajstić information content (AvgIpc) is 2.59. The van der Waals surface area contributed by atoms with Crippen molar-refractivity contribution in [3.05, 3.63) is 42.0 Å². The summed E-state index contributed by atoms with van der Waals surface area (Å²) < 4.78 is 10.7. The second-order valence-corrected chi connectivity index (χ2v) is 7.93. The molecule has 26 heavy (non-hydrogen) atoms. The number of carbonyl (C=O) groups is 1. The van der Waals surface area contributed by atoms with Crippen molar-refractivity contribution in [2.45, 2.75) is 44.8 Å². The van der Waals surface area contributed by atoms with E-state index in [0.717, 1.165) is 22.1 Å². The Bertz CT molecular complexity index is 801. The van der Waals surface area contributed by atoms with Gasteiger partial charge in [-0.05, 0) is 68.1 Å². The van der Waals surface area contributed by atoms with E-state index in [0.29, 0.717) is 25.9 Å². The molecular formula is C21H27NO4. The van der Waals surface area contributed by atoms with Gasteiger partial charge in [-0.1, -0.05) is 18.2 Å². The van der Waals surface area contributed by atoms with Crippen LogP contribution in [0.2, 0.25) is 0 Å². The molecule has 1 aliphatic heterocycles. The number of amides is 1. The molecule has 2 aromatic carbocycles. The molecule has 0 radical (unpaired) electrons. The molecule has 1 amide bonds. The molecule has 5 heteroatoms. The number of hydrogen-bond acceptors (Lipinski definition) is 4. The molecule has 1 N–H and O–H groups in total. The summed E-state index contributed by atoms with van der Waals surface area (Å²) in [6, 6.07) is 11.9. The number of benzene rings is 2. The fourth-order valence-electron chi connectivity index (χ4n) is 3.31. The van der Waals surface area contributed by atoms with E-state index < -0.39 is 11.2 Å². The van der Waals surface area contributed by atoms with E-state index in [9.17, 15) is 9.90 Å². The third-order valence-electron chi connectivity index (χ3n) is 4.83. The number of piperidine rings is 1. The summed E-state index contributed by atoms with van der Waals surface area (Å²) in [5.74, 6) is 0.814. The highest BCUT2D eigenvalue weighted by molar-refractivity contribution is 5.84. The molecule has 2 aromatic rings. The molecule has 0 aliphatic carbocycles. The average molecular weight is 357 g/mol. The summed E-state index contributed by atoms with van der Waals surface area (Å²) in [7, 11) is 1.65. The van der Waals surface area contributed by atoms with E-state index in [1.807, 2.05) is 57.2 Å². The Morgan fingerprint density at radius 1 is 1.08 bits per heavy atom. The maximum Gasteiger partial charge on any atom is 0.410 e. The molecule has 3 rings (SSSR count). The number of likely N-dealkylation sites (tertiary alicyclic amines) is 1. The highest BCUT2D eigenvalue weighted by Gasteiger charge is 2.36. The standard InChI is InChI=1S/C21H27NO4/c1-20(2,3)26-19(23)22-11-9-21(24,10-12-22)17-7-5-16-14-18(25-4)8-6-15(16)13-17/h5-8,13-14,24H,9-12H2,1-4H3. The zero-order valence-corrected chi connectivity index (χ0v) is 15.9. The molecule has 0 saturated carbocycles. The zero-order valence-electron chi connectivity index (χ0n) is 15.9. The third-order valence-corrected chi connectivity index (χ3v) is 4.83. The van der Waals surface area contributed by atoms with Crippen molar-refractivity contribution in [3.63, 3.8) is 0 Å². The van der Waals surface area contributed by atoms with Crippen LogP contribution in [-0.4, -0.2) is 41.9 Å². The number of fused-ring (bicyclic) bond motifs is 1. The van der Waals surface area contributed by atoms with E-state index in [4.69, 9.17) is 9.47 Å². The molecule has 0 aromatic heterocycles. The lowest BCUT2D eigenvalue weighted by Gasteiger charge is -2.39. The van der Waals surface area contributed by atoms with Gasteiger partial charge >= 0.3 is 6.09 Å². The number of methoxy groups -OCH3 is 1. The third kappa shape index (κ3) is 3.93. The number of nitrogens with zero attached hydrogens (tertiary/aromatic N) is 1. The maximum absolute atomic E-state index is 12.2. The van der Waals surface area contributed by atoms with Gasteiger partial charge in [0, 0.05) is 13.1 Å². The van der Waals surface area contributed by atoms with Crippen LogP contribution in [-0.2, 0) is 10.3 Å². The van der Waals surface area contributed by atoms with Crippen molar-refractivity contribution < 1.29 is 19.4 Å². The number of aliphatic hydroxyl groups is 1. The Balaban J connectivity index is 1.74. The van der Waals surface area contributed by atoms with Crippen LogP contribution in [0.5, 0.6) is 5.75 Å². The lowest BCUT2D eigenvalue weighted by Crippen LogP contribution is -2.46. The highest BCUT2D eigenvalue weighted by atomic mass is 16.6. The number of ether oxygens (including phenoxy) is 2. The quantitative estimate of drug-likeness (QED) is 0.880. The molecule has 0 atom stereocenters. The first-order valence-electron chi connectivity index (χ1n) is 8.99.